The summed E-state index contributed by atoms with van der Waals surface area (Å²) in [6.07, 6.45) is 1.02. The molecule has 0 saturated heterocycles. The van der Waals surface area contributed by atoms with Gasteiger partial charge in [-0.15, -0.1) is 11.3 Å². The van der Waals surface area contributed by atoms with Crippen LogP contribution in [-0.2, 0) is 5.41 Å². The fraction of sp³-hybridized carbons (Fsp3) is 0.308. The Balaban J connectivity index is 2.25. The highest BCUT2D eigenvalue weighted by atomic mass is 32.1. The maximum atomic E-state index is 9.31. The van der Waals surface area contributed by atoms with Gasteiger partial charge < -0.3 is 0 Å². The molecular weight excluding hydrogens is 202 g/mol. The maximum Gasteiger partial charge on any atom is 0.0865 e. The third-order valence-corrected chi connectivity index (χ3v) is 4.43. The van der Waals surface area contributed by atoms with Crippen molar-refractivity contribution in [2.45, 2.75) is 18.8 Å². The van der Waals surface area contributed by atoms with E-state index >= 15 is 0 Å². The molecule has 1 aliphatic carbocycles. The van der Waals surface area contributed by atoms with Crippen LogP contribution in [0.15, 0.2) is 29.6 Å². The molecule has 2 aromatic rings. The van der Waals surface area contributed by atoms with Gasteiger partial charge in [0.05, 0.1) is 11.5 Å². The molecule has 0 amide bonds. The van der Waals surface area contributed by atoms with E-state index in [1.807, 2.05) is 0 Å². The quantitative estimate of drug-likeness (QED) is 0.708. The SMILES string of the molecule is CC1CC1(C#N)c1csc2ccccc12. The Bertz CT molecular complexity index is 563. The van der Waals surface area contributed by atoms with Gasteiger partial charge in [0.15, 0.2) is 0 Å². The Morgan fingerprint density at radius 3 is 2.87 bits per heavy atom. The van der Waals surface area contributed by atoms with Crippen LogP contribution in [-0.4, -0.2) is 0 Å². The fourth-order valence-corrected chi connectivity index (χ4v) is 3.38. The summed E-state index contributed by atoms with van der Waals surface area (Å²) in [6, 6.07) is 10.9. The van der Waals surface area contributed by atoms with Crippen LogP contribution in [0.25, 0.3) is 10.1 Å². The summed E-state index contributed by atoms with van der Waals surface area (Å²) >= 11 is 1.75. The molecule has 1 aliphatic rings. The number of hydrogen-bond donors (Lipinski definition) is 0. The van der Waals surface area contributed by atoms with Crippen LogP contribution in [0.3, 0.4) is 0 Å². The van der Waals surface area contributed by atoms with E-state index in [0.717, 1.165) is 6.42 Å². The maximum absolute atomic E-state index is 9.31. The summed E-state index contributed by atoms with van der Waals surface area (Å²) in [6.45, 7) is 2.16. The molecule has 1 aromatic carbocycles. The number of rotatable bonds is 1. The zero-order chi connectivity index (χ0) is 10.5. The number of nitrogens with zero attached hydrogens (tertiary/aromatic N) is 1. The summed E-state index contributed by atoms with van der Waals surface area (Å²) in [4.78, 5) is 0. The van der Waals surface area contributed by atoms with Gasteiger partial charge in [-0.2, -0.15) is 5.26 Å². The number of fused-ring (bicyclic) bond motifs is 1. The van der Waals surface area contributed by atoms with Crippen molar-refractivity contribution in [3.05, 3.63) is 35.2 Å². The van der Waals surface area contributed by atoms with Gasteiger partial charge in [0, 0.05) is 4.70 Å². The van der Waals surface area contributed by atoms with Crippen molar-refractivity contribution in [3.8, 4) is 6.07 Å². The predicted octanol–water partition coefficient (Wildman–Crippen LogP) is 3.70. The highest BCUT2D eigenvalue weighted by Crippen LogP contribution is 2.56. The van der Waals surface area contributed by atoms with Crippen LogP contribution < -0.4 is 0 Å². The normalized spacial score (nSPS) is 28.9. The molecule has 1 aromatic heterocycles. The molecule has 1 fully saturated rings. The van der Waals surface area contributed by atoms with Crippen LogP contribution >= 0.6 is 11.3 Å². The molecule has 2 heteroatoms. The first-order chi connectivity index (χ1) is 7.28. The highest BCUT2D eigenvalue weighted by molar-refractivity contribution is 7.17. The van der Waals surface area contributed by atoms with Crippen molar-refractivity contribution in [2.24, 2.45) is 5.92 Å². The monoisotopic (exact) mass is 213 g/mol. The molecule has 0 aliphatic heterocycles. The van der Waals surface area contributed by atoms with Gasteiger partial charge in [-0.1, -0.05) is 25.1 Å². The van der Waals surface area contributed by atoms with E-state index in [0.29, 0.717) is 5.92 Å². The lowest BCUT2D eigenvalue weighted by Crippen LogP contribution is -2.04. The van der Waals surface area contributed by atoms with Gasteiger partial charge in [-0.25, -0.2) is 0 Å². The molecule has 2 atom stereocenters. The number of hydrogen-bond acceptors (Lipinski definition) is 2. The van der Waals surface area contributed by atoms with Gasteiger partial charge in [0.1, 0.15) is 0 Å². The molecule has 74 valence electrons. The molecular formula is C13H11NS. The van der Waals surface area contributed by atoms with Gasteiger partial charge in [-0.05, 0) is 34.7 Å². The third kappa shape index (κ3) is 1.07. The Hall–Kier alpha value is -1.33. The molecule has 15 heavy (non-hydrogen) atoms. The van der Waals surface area contributed by atoms with Gasteiger partial charge in [-0.3, -0.25) is 0 Å². The van der Waals surface area contributed by atoms with Crippen molar-refractivity contribution in [3.63, 3.8) is 0 Å². The van der Waals surface area contributed by atoms with Crippen molar-refractivity contribution in [2.75, 3.05) is 0 Å². The largest absolute Gasteiger partial charge is 0.197 e. The summed E-state index contributed by atoms with van der Waals surface area (Å²) in [7, 11) is 0. The van der Waals surface area contributed by atoms with Crippen LogP contribution in [0.5, 0.6) is 0 Å². The Morgan fingerprint density at radius 2 is 2.20 bits per heavy atom. The zero-order valence-corrected chi connectivity index (χ0v) is 9.34. The topological polar surface area (TPSA) is 23.8 Å². The van der Waals surface area contributed by atoms with E-state index in [-0.39, 0.29) is 5.41 Å². The molecule has 0 radical (unpaired) electrons. The van der Waals surface area contributed by atoms with E-state index in [2.05, 4.69) is 42.6 Å². The Morgan fingerprint density at radius 1 is 1.47 bits per heavy atom. The first kappa shape index (κ1) is 8.94. The van der Waals surface area contributed by atoms with E-state index < -0.39 is 0 Å². The van der Waals surface area contributed by atoms with E-state index in [1.54, 1.807) is 11.3 Å². The molecule has 0 N–H and O–H groups in total. The fourth-order valence-electron chi connectivity index (χ4n) is 2.34. The molecule has 0 bridgehead atoms. The minimum Gasteiger partial charge on any atom is -0.197 e. The van der Waals surface area contributed by atoms with Crippen LogP contribution in [0.4, 0.5) is 0 Å². The number of thiophene rings is 1. The number of nitriles is 1. The average Bonchev–Trinajstić information content (AvgIpc) is 2.76. The number of benzene rings is 1. The lowest BCUT2D eigenvalue weighted by Gasteiger charge is -2.05. The second-order valence-electron chi connectivity index (χ2n) is 4.33. The Kier molecular flexibility index (Phi) is 1.69. The van der Waals surface area contributed by atoms with Crippen molar-refractivity contribution in [1.82, 2.24) is 0 Å². The van der Waals surface area contributed by atoms with Gasteiger partial charge >= 0.3 is 0 Å². The lowest BCUT2D eigenvalue weighted by molar-refractivity contribution is 0.801. The molecule has 2 unspecified atom stereocenters. The first-order valence-corrected chi connectivity index (χ1v) is 6.04. The van der Waals surface area contributed by atoms with Crippen LogP contribution in [0.1, 0.15) is 18.9 Å². The van der Waals surface area contributed by atoms with Gasteiger partial charge in [0.2, 0.25) is 0 Å². The van der Waals surface area contributed by atoms with E-state index in [1.165, 1.54) is 15.6 Å². The summed E-state index contributed by atoms with van der Waals surface area (Å²) < 4.78 is 1.29. The molecule has 1 nitrogen and oxygen atoms in total. The molecule has 0 spiro atoms. The lowest BCUT2D eigenvalue weighted by atomic mass is 9.95. The Labute approximate surface area is 93.0 Å². The highest BCUT2D eigenvalue weighted by Gasteiger charge is 2.54. The smallest absolute Gasteiger partial charge is 0.0865 e. The molecule has 1 heterocycles. The predicted molar refractivity (Wildman–Crippen MR) is 62.9 cm³/mol. The van der Waals surface area contributed by atoms with Crippen LogP contribution in [0, 0.1) is 17.2 Å². The van der Waals surface area contributed by atoms with E-state index in [4.69, 9.17) is 0 Å². The minimum absolute atomic E-state index is 0.181. The molecule has 3 rings (SSSR count). The summed E-state index contributed by atoms with van der Waals surface area (Å²) in [5.74, 6) is 0.514. The van der Waals surface area contributed by atoms with Crippen LogP contribution in [0.2, 0.25) is 0 Å². The van der Waals surface area contributed by atoms with E-state index in [9.17, 15) is 5.26 Å². The van der Waals surface area contributed by atoms with Crippen molar-refractivity contribution >= 4 is 21.4 Å². The average molecular weight is 213 g/mol. The molecule has 1 saturated carbocycles. The minimum atomic E-state index is -0.181. The second-order valence-corrected chi connectivity index (χ2v) is 5.25. The standard InChI is InChI=1S/C13H11NS/c1-9-6-13(9,8-14)11-7-15-12-5-3-2-4-10(11)12/h2-5,7,9H,6H2,1H3. The zero-order valence-electron chi connectivity index (χ0n) is 8.53. The second kappa shape index (κ2) is 2.84. The summed E-state index contributed by atoms with van der Waals surface area (Å²) in [5.41, 5.74) is 1.07. The van der Waals surface area contributed by atoms with Crippen molar-refractivity contribution in [1.29, 1.82) is 5.26 Å². The third-order valence-electron chi connectivity index (χ3n) is 3.47. The van der Waals surface area contributed by atoms with Crippen molar-refractivity contribution < 1.29 is 0 Å². The van der Waals surface area contributed by atoms with Gasteiger partial charge in [0.25, 0.3) is 0 Å². The first-order valence-electron chi connectivity index (χ1n) is 5.16. The summed E-state index contributed by atoms with van der Waals surface area (Å²) in [5, 5.41) is 12.7.